The quantitative estimate of drug-likeness (QED) is 0.667. The van der Waals surface area contributed by atoms with Gasteiger partial charge in [-0.15, -0.1) is 0 Å². The van der Waals surface area contributed by atoms with Gasteiger partial charge in [0, 0.05) is 30.3 Å². The van der Waals surface area contributed by atoms with Gasteiger partial charge >= 0.3 is 0 Å². The lowest BCUT2D eigenvalue weighted by Gasteiger charge is -2.05. The first kappa shape index (κ1) is 8.35. The van der Waals surface area contributed by atoms with Crippen LogP contribution in [0.3, 0.4) is 0 Å². The van der Waals surface area contributed by atoms with E-state index in [-0.39, 0.29) is 5.91 Å². The summed E-state index contributed by atoms with van der Waals surface area (Å²) in [6.07, 6.45) is 0.637. The lowest BCUT2D eigenvalue weighted by Crippen LogP contribution is -2.13. The zero-order chi connectivity index (χ0) is 9.42. The topological polar surface area (TPSA) is 44.9 Å². The van der Waals surface area contributed by atoms with Crippen molar-refractivity contribution in [2.24, 2.45) is 0 Å². The van der Waals surface area contributed by atoms with Crippen LogP contribution in [0.5, 0.6) is 0 Å². The van der Waals surface area contributed by atoms with Gasteiger partial charge in [-0.3, -0.25) is 4.79 Å². The van der Waals surface area contributed by atoms with Crippen molar-refractivity contribution in [3.8, 4) is 0 Å². The van der Waals surface area contributed by atoms with E-state index >= 15 is 0 Å². The minimum Gasteiger partial charge on any atom is -0.362 e. The van der Waals surface area contributed by atoms with Crippen molar-refractivity contribution in [1.82, 2.24) is 10.3 Å². The van der Waals surface area contributed by atoms with Crippen LogP contribution < -0.4 is 5.32 Å². The van der Waals surface area contributed by atoms with Crippen molar-refractivity contribution in [3.05, 3.63) is 23.0 Å². The average molecular weight is 178 g/mol. The van der Waals surface area contributed by atoms with Crippen LogP contribution in [0.4, 0.5) is 0 Å². The normalized spacial score (nSPS) is 22.0. The van der Waals surface area contributed by atoms with Crippen LogP contribution in [0.15, 0.2) is 6.07 Å². The predicted molar refractivity (Wildman–Crippen MR) is 50.6 cm³/mol. The van der Waals surface area contributed by atoms with Crippen molar-refractivity contribution in [2.45, 2.75) is 26.2 Å². The van der Waals surface area contributed by atoms with Gasteiger partial charge in [0.1, 0.15) is 0 Å². The highest BCUT2D eigenvalue weighted by atomic mass is 16.1. The SMILES string of the molecule is Cc1cc(C2CNC(=O)C2)c(C)[nH]1. The minimum absolute atomic E-state index is 0.170. The molecular weight excluding hydrogens is 164 g/mol. The molecule has 1 aromatic rings. The predicted octanol–water partition coefficient (Wildman–Crippen LogP) is 1.24. The minimum atomic E-state index is 0.170. The van der Waals surface area contributed by atoms with E-state index in [9.17, 15) is 4.79 Å². The summed E-state index contributed by atoms with van der Waals surface area (Å²) in [5, 5.41) is 2.85. The molecule has 0 spiro atoms. The number of carbonyl (C=O) groups is 1. The monoisotopic (exact) mass is 178 g/mol. The van der Waals surface area contributed by atoms with Crippen molar-refractivity contribution in [2.75, 3.05) is 6.54 Å². The van der Waals surface area contributed by atoms with Gasteiger partial charge < -0.3 is 10.3 Å². The third-order valence-electron chi connectivity index (χ3n) is 2.61. The molecule has 0 aliphatic carbocycles. The largest absolute Gasteiger partial charge is 0.362 e. The summed E-state index contributed by atoms with van der Waals surface area (Å²) >= 11 is 0. The zero-order valence-electron chi connectivity index (χ0n) is 7.98. The number of amides is 1. The summed E-state index contributed by atoms with van der Waals surface area (Å²) in [6.45, 7) is 4.89. The van der Waals surface area contributed by atoms with E-state index in [2.05, 4.69) is 23.3 Å². The number of carbonyl (C=O) groups excluding carboxylic acids is 1. The standard InChI is InChI=1S/C10H14N2O/c1-6-3-9(7(2)12-6)8-4-10(13)11-5-8/h3,8,12H,4-5H2,1-2H3,(H,11,13). The van der Waals surface area contributed by atoms with Gasteiger partial charge in [0.25, 0.3) is 0 Å². The molecule has 0 aromatic carbocycles. The fourth-order valence-electron chi connectivity index (χ4n) is 1.99. The molecule has 2 heterocycles. The highest BCUT2D eigenvalue weighted by Gasteiger charge is 2.24. The van der Waals surface area contributed by atoms with E-state index in [0.717, 1.165) is 6.54 Å². The number of aromatic amines is 1. The van der Waals surface area contributed by atoms with E-state index in [1.807, 2.05) is 6.92 Å². The van der Waals surface area contributed by atoms with Crippen LogP contribution in [-0.4, -0.2) is 17.4 Å². The van der Waals surface area contributed by atoms with Gasteiger partial charge in [-0.05, 0) is 25.5 Å². The van der Waals surface area contributed by atoms with Gasteiger partial charge in [0.2, 0.25) is 5.91 Å². The third kappa shape index (κ3) is 1.46. The molecule has 1 saturated heterocycles. The van der Waals surface area contributed by atoms with Crippen LogP contribution in [0.2, 0.25) is 0 Å². The fourth-order valence-corrected chi connectivity index (χ4v) is 1.99. The highest BCUT2D eigenvalue weighted by molar-refractivity contribution is 5.79. The molecule has 70 valence electrons. The summed E-state index contributed by atoms with van der Waals surface area (Å²) < 4.78 is 0. The number of rotatable bonds is 1. The molecule has 1 unspecified atom stereocenters. The molecule has 1 aliphatic heterocycles. The maximum atomic E-state index is 11.0. The Balaban J connectivity index is 2.25. The zero-order valence-corrected chi connectivity index (χ0v) is 7.98. The molecule has 2 N–H and O–H groups in total. The molecular formula is C10H14N2O. The number of hydrogen-bond acceptors (Lipinski definition) is 1. The molecule has 3 heteroatoms. The molecule has 1 atom stereocenters. The van der Waals surface area contributed by atoms with E-state index in [1.54, 1.807) is 0 Å². The second kappa shape index (κ2) is 2.91. The molecule has 0 saturated carbocycles. The van der Waals surface area contributed by atoms with E-state index in [0.29, 0.717) is 12.3 Å². The number of nitrogens with one attached hydrogen (secondary N) is 2. The fraction of sp³-hybridized carbons (Fsp3) is 0.500. The number of hydrogen-bond donors (Lipinski definition) is 2. The molecule has 1 amide bonds. The van der Waals surface area contributed by atoms with Gasteiger partial charge in [0.15, 0.2) is 0 Å². The smallest absolute Gasteiger partial charge is 0.220 e. The molecule has 13 heavy (non-hydrogen) atoms. The van der Waals surface area contributed by atoms with Crippen molar-refractivity contribution in [1.29, 1.82) is 0 Å². The highest BCUT2D eigenvalue weighted by Crippen LogP contribution is 2.26. The van der Waals surface area contributed by atoms with Crippen LogP contribution >= 0.6 is 0 Å². The first-order valence-corrected chi connectivity index (χ1v) is 4.59. The Bertz CT molecular complexity index is 341. The Kier molecular flexibility index (Phi) is 1.87. The second-order valence-electron chi connectivity index (χ2n) is 3.74. The van der Waals surface area contributed by atoms with Crippen LogP contribution in [-0.2, 0) is 4.79 Å². The Labute approximate surface area is 77.5 Å². The lowest BCUT2D eigenvalue weighted by molar-refractivity contribution is -0.119. The van der Waals surface area contributed by atoms with Gasteiger partial charge in [-0.2, -0.15) is 0 Å². The molecule has 1 fully saturated rings. The number of aryl methyl sites for hydroxylation is 2. The third-order valence-corrected chi connectivity index (χ3v) is 2.61. The van der Waals surface area contributed by atoms with E-state index in [4.69, 9.17) is 0 Å². The van der Waals surface area contributed by atoms with Crippen molar-refractivity contribution in [3.63, 3.8) is 0 Å². The number of H-pyrrole nitrogens is 1. The molecule has 1 aromatic heterocycles. The van der Waals surface area contributed by atoms with Gasteiger partial charge in [0.05, 0.1) is 0 Å². The number of aromatic nitrogens is 1. The van der Waals surface area contributed by atoms with Crippen molar-refractivity contribution >= 4 is 5.91 Å². The van der Waals surface area contributed by atoms with Gasteiger partial charge in [-0.1, -0.05) is 0 Å². The van der Waals surface area contributed by atoms with E-state index in [1.165, 1.54) is 17.0 Å². The Morgan fingerprint density at radius 3 is 2.69 bits per heavy atom. The summed E-state index contributed by atoms with van der Waals surface area (Å²) in [6, 6.07) is 2.14. The summed E-state index contributed by atoms with van der Waals surface area (Å²) in [4.78, 5) is 14.3. The van der Waals surface area contributed by atoms with Crippen molar-refractivity contribution < 1.29 is 4.79 Å². The molecule has 3 nitrogen and oxygen atoms in total. The Morgan fingerprint density at radius 1 is 1.46 bits per heavy atom. The Morgan fingerprint density at radius 2 is 2.23 bits per heavy atom. The average Bonchev–Trinajstić information content (AvgIpc) is 2.58. The maximum Gasteiger partial charge on any atom is 0.220 e. The molecule has 0 radical (unpaired) electrons. The lowest BCUT2D eigenvalue weighted by atomic mass is 9.99. The van der Waals surface area contributed by atoms with E-state index < -0.39 is 0 Å². The molecule has 0 bridgehead atoms. The van der Waals surface area contributed by atoms with Crippen LogP contribution in [0, 0.1) is 13.8 Å². The molecule has 1 aliphatic rings. The molecule has 2 rings (SSSR count). The summed E-state index contributed by atoms with van der Waals surface area (Å²) in [7, 11) is 0. The second-order valence-corrected chi connectivity index (χ2v) is 3.74. The first-order chi connectivity index (χ1) is 6.16. The summed E-state index contributed by atoms with van der Waals surface area (Å²) in [5.41, 5.74) is 3.65. The first-order valence-electron chi connectivity index (χ1n) is 4.59. The van der Waals surface area contributed by atoms with Gasteiger partial charge in [-0.25, -0.2) is 0 Å². The summed E-state index contributed by atoms with van der Waals surface area (Å²) in [5.74, 6) is 0.542. The Hall–Kier alpha value is -1.25. The maximum absolute atomic E-state index is 11.0. The van der Waals surface area contributed by atoms with Crippen LogP contribution in [0.25, 0.3) is 0 Å². The van der Waals surface area contributed by atoms with Crippen LogP contribution in [0.1, 0.15) is 29.3 Å².